The van der Waals surface area contributed by atoms with Gasteiger partial charge in [-0.15, -0.1) is 12.4 Å². The van der Waals surface area contributed by atoms with Crippen molar-refractivity contribution in [1.29, 1.82) is 0 Å². The van der Waals surface area contributed by atoms with Crippen molar-refractivity contribution < 1.29 is 18.3 Å². The number of benzene rings is 1. The highest BCUT2D eigenvalue weighted by atomic mass is 35.5. The molecule has 1 unspecified atom stereocenters. The zero-order valence-electron chi connectivity index (χ0n) is 10.4. The van der Waals surface area contributed by atoms with Gasteiger partial charge in [0.1, 0.15) is 0 Å². The lowest BCUT2D eigenvalue weighted by Crippen LogP contribution is -2.28. The molecule has 7 heteroatoms. The van der Waals surface area contributed by atoms with Gasteiger partial charge in [-0.25, -0.2) is 8.78 Å². The summed E-state index contributed by atoms with van der Waals surface area (Å²) in [4.78, 5) is 11.6. The van der Waals surface area contributed by atoms with Crippen LogP contribution in [0.25, 0.3) is 0 Å². The number of alkyl halides is 2. The molecule has 3 N–H and O–H groups in total. The highest BCUT2D eigenvalue weighted by Crippen LogP contribution is 2.21. The quantitative estimate of drug-likeness (QED) is 0.846. The molecule has 1 aromatic carbocycles. The minimum Gasteiger partial charge on any atom is -0.380 e. The van der Waals surface area contributed by atoms with E-state index in [1.807, 2.05) is 0 Å². The Labute approximate surface area is 116 Å². The normalized spacial score (nSPS) is 11.8. The first-order chi connectivity index (χ1) is 8.56. The van der Waals surface area contributed by atoms with Crippen molar-refractivity contribution in [1.82, 2.24) is 0 Å². The lowest BCUT2D eigenvalue weighted by molar-refractivity contribution is -0.118. The van der Waals surface area contributed by atoms with Crippen molar-refractivity contribution in [2.45, 2.75) is 19.0 Å². The predicted octanol–water partition coefficient (Wildman–Crippen LogP) is 2.35. The standard InChI is InChI=1S/C12H16F2N2O2.ClH/c1-18-10(7-15)6-11(17)16-9-4-2-3-8(5-9)12(13)14;/h2-5,10,12H,6-7,15H2,1H3,(H,16,17);1H. The summed E-state index contributed by atoms with van der Waals surface area (Å²) in [7, 11) is 1.46. The van der Waals surface area contributed by atoms with E-state index in [0.29, 0.717) is 5.69 Å². The van der Waals surface area contributed by atoms with Crippen molar-refractivity contribution in [3.05, 3.63) is 29.8 Å². The maximum atomic E-state index is 12.5. The second kappa shape index (κ2) is 8.79. The molecule has 1 atom stereocenters. The molecule has 1 rings (SSSR count). The van der Waals surface area contributed by atoms with E-state index >= 15 is 0 Å². The summed E-state index contributed by atoms with van der Waals surface area (Å²) in [6, 6.07) is 5.56. The number of carbonyl (C=O) groups is 1. The third-order valence-electron chi connectivity index (χ3n) is 2.43. The largest absolute Gasteiger partial charge is 0.380 e. The van der Waals surface area contributed by atoms with Gasteiger partial charge < -0.3 is 15.8 Å². The topological polar surface area (TPSA) is 64.3 Å². The van der Waals surface area contributed by atoms with Crippen LogP contribution in [0.15, 0.2) is 24.3 Å². The minimum absolute atomic E-state index is 0. The average molecular weight is 295 g/mol. The Hall–Kier alpha value is -1.24. The second-order valence-corrected chi connectivity index (χ2v) is 3.77. The molecular formula is C12H17ClF2N2O2. The van der Waals surface area contributed by atoms with E-state index in [-0.39, 0.29) is 42.9 Å². The molecule has 0 aromatic heterocycles. The first-order valence-corrected chi connectivity index (χ1v) is 5.47. The molecule has 19 heavy (non-hydrogen) atoms. The van der Waals surface area contributed by atoms with E-state index in [1.165, 1.54) is 25.3 Å². The first-order valence-electron chi connectivity index (χ1n) is 5.47. The highest BCUT2D eigenvalue weighted by molar-refractivity contribution is 5.91. The summed E-state index contributed by atoms with van der Waals surface area (Å²) < 4.78 is 29.9. The van der Waals surface area contributed by atoms with Gasteiger partial charge in [0.2, 0.25) is 5.91 Å². The van der Waals surface area contributed by atoms with Crippen LogP contribution >= 0.6 is 12.4 Å². The molecule has 0 saturated heterocycles. The summed E-state index contributed by atoms with van der Waals surface area (Å²) in [5, 5.41) is 2.53. The van der Waals surface area contributed by atoms with Crippen LogP contribution < -0.4 is 11.1 Å². The lowest BCUT2D eigenvalue weighted by Gasteiger charge is -2.13. The SMILES string of the molecule is COC(CN)CC(=O)Nc1cccc(C(F)F)c1.Cl. The summed E-state index contributed by atoms with van der Waals surface area (Å²) in [6.07, 6.45) is -2.84. The van der Waals surface area contributed by atoms with Gasteiger partial charge in [-0.05, 0) is 12.1 Å². The molecule has 1 aromatic rings. The molecule has 0 radical (unpaired) electrons. The van der Waals surface area contributed by atoms with Crippen molar-refractivity contribution in [2.75, 3.05) is 19.0 Å². The van der Waals surface area contributed by atoms with E-state index in [1.54, 1.807) is 6.07 Å². The van der Waals surface area contributed by atoms with Gasteiger partial charge in [0, 0.05) is 24.9 Å². The third kappa shape index (κ3) is 5.96. The van der Waals surface area contributed by atoms with E-state index in [4.69, 9.17) is 10.5 Å². The molecule has 0 aliphatic carbocycles. The average Bonchev–Trinajstić information content (AvgIpc) is 2.36. The Morgan fingerprint density at radius 3 is 2.68 bits per heavy atom. The number of carbonyl (C=O) groups excluding carboxylic acids is 1. The van der Waals surface area contributed by atoms with Gasteiger partial charge in [0.05, 0.1) is 12.5 Å². The number of methoxy groups -OCH3 is 1. The van der Waals surface area contributed by atoms with Crippen LogP contribution in [0.3, 0.4) is 0 Å². The highest BCUT2D eigenvalue weighted by Gasteiger charge is 2.12. The van der Waals surface area contributed by atoms with Gasteiger partial charge in [0.25, 0.3) is 6.43 Å². The Balaban J connectivity index is 0.00000324. The Kier molecular flexibility index (Phi) is 8.22. The van der Waals surface area contributed by atoms with Crippen LogP contribution in [0, 0.1) is 0 Å². The molecule has 0 aliphatic heterocycles. The maximum Gasteiger partial charge on any atom is 0.263 e. The fourth-order valence-corrected chi connectivity index (χ4v) is 1.43. The number of rotatable bonds is 6. The number of hydrogen-bond donors (Lipinski definition) is 2. The fraction of sp³-hybridized carbons (Fsp3) is 0.417. The van der Waals surface area contributed by atoms with E-state index in [2.05, 4.69) is 5.32 Å². The van der Waals surface area contributed by atoms with Crippen LogP contribution in [0.4, 0.5) is 14.5 Å². The van der Waals surface area contributed by atoms with Crippen LogP contribution in [0.2, 0.25) is 0 Å². The van der Waals surface area contributed by atoms with Crippen LogP contribution in [-0.4, -0.2) is 25.7 Å². The van der Waals surface area contributed by atoms with Crippen molar-refractivity contribution in [2.24, 2.45) is 5.73 Å². The smallest absolute Gasteiger partial charge is 0.263 e. The number of anilines is 1. The first kappa shape index (κ1) is 17.8. The van der Waals surface area contributed by atoms with E-state index in [0.717, 1.165) is 0 Å². The molecule has 0 heterocycles. The number of nitrogens with two attached hydrogens (primary N) is 1. The number of ether oxygens (including phenoxy) is 1. The summed E-state index contributed by atoms with van der Waals surface area (Å²) >= 11 is 0. The molecule has 1 amide bonds. The van der Waals surface area contributed by atoms with E-state index in [9.17, 15) is 13.6 Å². The Morgan fingerprint density at radius 1 is 1.47 bits per heavy atom. The molecule has 0 aliphatic rings. The molecule has 0 bridgehead atoms. The fourth-order valence-electron chi connectivity index (χ4n) is 1.43. The lowest BCUT2D eigenvalue weighted by atomic mass is 10.2. The number of halogens is 3. The van der Waals surface area contributed by atoms with Crippen molar-refractivity contribution in [3.8, 4) is 0 Å². The van der Waals surface area contributed by atoms with Gasteiger partial charge in [-0.1, -0.05) is 12.1 Å². The molecule has 108 valence electrons. The number of amides is 1. The minimum atomic E-state index is -2.56. The summed E-state index contributed by atoms with van der Waals surface area (Å²) in [5.74, 6) is -0.321. The molecule has 0 saturated carbocycles. The van der Waals surface area contributed by atoms with Crippen LogP contribution in [-0.2, 0) is 9.53 Å². The van der Waals surface area contributed by atoms with E-state index < -0.39 is 6.43 Å². The third-order valence-corrected chi connectivity index (χ3v) is 2.43. The predicted molar refractivity (Wildman–Crippen MR) is 71.7 cm³/mol. The van der Waals surface area contributed by atoms with Crippen LogP contribution in [0.5, 0.6) is 0 Å². The second-order valence-electron chi connectivity index (χ2n) is 3.77. The number of hydrogen-bond acceptors (Lipinski definition) is 3. The maximum absolute atomic E-state index is 12.5. The zero-order valence-corrected chi connectivity index (χ0v) is 11.3. The Bertz CT molecular complexity index is 401. The van der Waals surface area contributed by atoms with Gasteiger partial charge in [-0.3, -0.25) is 4.79 Å². The molecule has 0 fully saturated rings. The van der Waals surface area contributed by atoms with Crippen LogP contribution in [0.1, 0.15) is 18.4 Å². The zero-order chi connectivity index (χ0) is 13.5. The summed E-state index contributed by atoms with van der Waals surface area (Å²) in [6.45, 7) is 0.223. The van der Waals surface area contributed by atoms with Crippen molar-refractivity contribution >= 4 is 24.0 Å². The monoisotopic (exact) mass is 294 g/mol. The molecule has 0 spiro atoms. The van der Waals surface area contributed by atoms with Gasteiger partial charge in [0.15, 0.2) is 0 Å². The summed E-state index contributed by atoms with van der Waals surface area (Å²) in [5.41, 5.74) is 5.59. The molecule has 4 nitrogen and oxygen atoms in total. The number of nitrogens with one attached hydrogen (secondary N) is 1. The van der Waals surface area contributed by atoms with Crippen molar-refractivity contribution in [3.63, 3.8) is 0 Å². The van der Waals surface area contributed by atoms with Gasteiger partial charge >= 0.3 is 0 Å². The molecular weight excluding hydrogens is 278 g/mol. The Morgan fingerprint density at radius 2 is 2.16 bits per heavy atom. The van der Waals surface area contributed by atoms with Gasteiger partial charge in [-0.2, -0.15) is 0 Å².